The Morgan fingerprint density at radius 2 is 2.36 bits per heavy atom. The zero-order valence-corrected chi connectivity index (χ0v) is 13.7. The molecule has 22 heavy (non-hydrogen) atoms. The Labute approximate surface area is 132 Å². The molecule has 1 atom stereocenters. The number of hydrogen-bond donors (Lipinski definition) is 1. The summed E-state index contributed by atoms with van der Waals surface area (Å²) in [6.45, 7) is 6.41. The van der Waals surface area contributed by atoms with Crippen molar-refractivity contribution in [2.24, 2.45) is 18.0 Å². The average molecular weight is 305 g/mol. The molecule has 1 saturated heterocycles. The van der Waals surface area contributed by atoms with Gasteiger partial charge in [0.2, 0.25) is 0 Å². The maximum absolute atomic E-state index is 5.91. The van der Waals surface area contributed by atoms with Crippen LogP contribution in [0.4, 0.5) is 0 Å². The van der Waals surface area contributed by atoms with Gasteiger partial charge in [-0.25, -0.2) is 0 Å². The molecule has 0 spiro atoms. The van der Waals surface area contributed by atoms with Crippen molar-refractivity contribution < 1.29 is 4.74 Å². The number of morpholine rings is 1. The van der Waals surface area contributed by atoms with Crippen molar-refractivity contribution in [3.05, 3.63) is 18.0 Å². The van der Waals surface area contributed by atoms with E-state index in [1.165, 1.54) is 19.3 Å². The van der Waals surface area contributed by atoms with E-state index in [2.05, 4.69) is 22.2 Å². The van der Waals surface area contributed by atoms with Crippen LogP contribution in [0.1, 0.15) is 37.9 Å². The fraction of sp³-hybridized carbons (Fsp3) is 0.750. The van der Waals surface area contributed by atoms with Gasteiger partial charge in [0.05, 0.1) is 19.3 Å². The zero-order valence-electron chi connectivity index (χ0n) is 13.7. The summed E-state index contributed by atoms with van der Waals surface area (Å²) < 4.78 is 7.74. The third kappa shape index (κ3) is 4.00. The molecule has 1 aliphatic heterocycles. The minimum Gasteiger partial charge on any atom is -0.370 e. The van der Waals surface area contributed by atoms with Crippen LogP contribution in [0.5, 0.6) is 0 Å². The van der Waals surface area contributed by atoms with Gasteiger partial charge in [-0.3, -0.25) is 9.67 Å². The van der Waals surface area contributed by atoms with Gasteiger partial charge in [-0.2, -0.15) is 5.10 Å². The first-order valence-electron chi connectivity index (χ1n) is 8.39. The first-order valence-corrected chi connectivity index (χ1v) is 8.39. The molecule has 2 heterocycles. The van der Waals surface area contributed by atoms with Crippen LogP contribution in [-0.2, 0) is 11.8 Å². The molecule has 2 aliphatic rings. The molecule has 3 rings (SSSR count). The van der Waals surface area contributed by atoms with E-state index >= 15 is 0 Å². The minimum absolute atomic E-state index is 0.0785. The smallest absolute Gasteiger partial charge is 0.194 e. The van der Waals surface area contributed by atoms with Gasteiger partial charge in [-0.05, 0) is 19.3 Å². The Kier molecular flexibility index (Phi) is 4.97. The molecule has 1 unspecified atom stereocenters. The Hall–Kier alpha value is -1.56. The van der Waals surface area contributed by atoms with Crippen molar-refractivity contribution in [2.45, 2.75) is 32.3 Å². The van der Waals surface area contributed by atoms with Crippen LogP contribution >= 0.6 is 0 Å². The highest BCUT2D eigenvalue weighted by atomic mass is 16.5. The summed E-state index contributed by atoms with van der Waals surface area (Å²) in [4.78, 5) is 7.12. The lowest BCUT2D eigenvalue weighted by Crippen LogP contribution is -2.48. The highest BCUT2D eigenvalue weighted by Crippen LogP contribution is 2.32. The standard InChI is InChI=1S/C16H27N5O/c1-3-17-16(18-7-6-13-4-5-13)21-8-9-22-15(12-21)14-10-19-20(2)11-14/h10-11,13,15H,3-9,12H2,1-2H3,(H,17,18). The van der Waals surface area contributed by atoms with Gasteiger partial charge in [-0.15, -0.1) is 0 Å². The molecular formula is C16H27N5O. The molecule has 1 aromatic rings. The number of aliphatic imine (C=N–C) groups is 1. The van der Waals surface area contributed by atoms with Gasteiger partial charge in [0.15, 0.2) is 5.96 Å². The number of guanidine groups is 1. The molecule has 0 radical (unpaired) electrons. The van der Waals surface area contributed by atoms with Crippen LogP contribution < -0.4 is 5.32 Å². The molecule has 0 bridgehead atoms. The number of nitrogens with zero attached hydrogens (tertiary/aromatic N) is 4. The highest BCUT2D eigenvalue weighted by Gasteiger charge is 2.25. The first kappa shape index (κ1) is 15.3. The second-order valence-corrected chi connectivity index (χ2v) is 6.22. The van der Waals surface area contributed by atoms with E-state index < -0.39 is 0 Å². The van der Waals surface area contributed by atoms with Crippen LogP contribution in [0, 0.1) is 5.92 Å². The van der Waals surface area contributed by atoms with E-state index in [4.69, 9.17) is 9.73 Å². The molecule has 1 N–H and O–H groups in total. The molecule has 122 valence electrons. The lowest BCUT2D eigenvalue weighted by atomic mass is 10.1. The number of nitrogens with one attached hydrogen (secondary N) is 1. The predicted octanol–water partition coefficient (Wildman–Crippen LogP) is 1.56. The van der Waals surface area contributed by atoms with E-state index in [0.29, 0.717) is 0 Å². The number of aromatic nitrogens is 2. The van der Waals surface area contributed by atoms with E-state index in [1.807, 2.05) is 24.1 Å². The first-order chi connectivity index (χ1) is 10.8. The molecule has 2 fully saturated rings. The molecular weight excluding hydrogens is 278 g/mol. The van der Waals surface area contributed by atoms with E-state index in [-0.39, 0.29) is 6.10 Å². The number of rotatable bonds is 5. The number of aryl methyl sites for hydroxylation is 1. The fourth-order valence-corrected chi connectivity index (χ4v) is 2.84. The Morgan fingerprint density at radius 3 is 3.05 bits per heavy atom. The topological polar surface area (TPSA) is 54.7 Å². The maximum Gasteiger partial charge on any atom is 0.194 e. The van der Waals surface area contributed by atoms with Gasteiger partial charge in [0, 0.05) is 38.4 Å². The van der Waals surface area contributed by atoms with Gasteiger partial charge in [0.25, 0.3) is 0 Å². The molecule has 1 aromatic heterocycles. The highest BCUT2D eigenvalue weighted by molar-refractivity contribution is 5.80. The second-order valence-electron chi connectivity index (χ2n) is 6.22. The quantitative estimate of drug-likeness (QED) is 0.662. The van der Waals surface area contributed by atoms with Gasteiger partial charge >= 0.3 is 0 Å². The van der Waals surface area contributed by atoms with Crippen molar-refractivity contribution in [1.82, 2.24) is 20.0 Å². The maximum atomic E-state index is 5.91. The van der Waals surface area contributed by atoms with Gasteiger partial charge < -0.3 is 15.0 Å². The van der Waals surface area contributed by atoms with Crippen LogP contribution in [0.3, 0.4) is 0 Å². The van der Waals surface area contributed by atoms with Crippen molar-refractivity contribution in [2.75, 3.05) is 32.8 Å². The summed E-state index contributed by atoms with van der Waals surface area (Å²) in [5.74, 6) is 1.96. The Bertz CT molecular complexity index is 508. The summed E-state index contributed by atoms with van der Waals surface area (Å²) in [6.07, 6.45) is 8.02. The zero-order chi connectivity index (χ0) is 15.4. The monoisotopic (exact) mass is 305 g/mol. The van der Waals surface area contributed by atoms with Crippen LogP contribution in [-0.4, -0.2) is 53.4 Å². The van der Waals surface area contributed by atoms with Crippen molar-refractivity contribution >= 4 is 5.96 Å². The van der Waals surface area contributed by atoms with Crippen LogP contribution in [0.15, 0.2) is 17.4 Å². The summed E-state index contributed by atoms with van der Waals surface area (Å²) >= 11 is 0. The second kappa shape index (κ2) is 7.13. The molecule has 1 aliphatic carbocycles. The number of ether oxygens (including phenoxy) is 1. The van der Waals surface area contributed by atoms with Crippen molar-refractivity contribution in [3.8, 4) is 0 Å². The third-order valence-corrected chi connectivity index (χ3v) is 4.29. The lowest BCUT2D eigenvalue weighted by Gasteiger charge is -2.34. The van der Waals surface area contributed by atoms with E-state index in [1.54, 1.807) is 0 Å². The average Bonchev–Trinajstić information content (AvgIpc) is 3.25. The minimum atomic E-state index is 0.0785. The van der Waals surface area contributed by atoms with Gasteiger partial charge in [-0.1, -0.05) is 12.8 Å². The van der Waals surface area contributed by atoms with Crippen molar-refractivity contribution in [3.63, 3.8) is 0 Å². The lowest BCUT2D eigenvalue weighted by molar-refractivity contribution is -0.00804. The predicted molar refractivity (Wildman–Crippen MR) is 86.8 cm³/mol. The molecule has 6 heteroatoms. The summed E-state index contributed by atoms with van der Waals surface area (Å²) in [7, 11) is 1.94. The summed E-state index contributed by atoms with van der Waals surface area (Å²) in [5, 5.41) is 7.67. The molecule has 6 nitrogen and oxygen atoms in total. The third-order valence-electron chi connectivity index (χ3n) is 4.29. The number of hydrogen-bond acceptors (Lipinski definition) is 3. The van der Waals surface area contributed by atoms with Crippen molar-refractivity contribution in [1.29, 1.82) is 0 Å². The molecule has 0 aromatic carbocycles. The fourth-order valence-electron chi connectivity index (χ4n) is 2.84. The molecule has 0 amide bonds. The SMILES string of the molecule is CCNC(=NCCC1CC1)N1CCOC(c2cnn(C)c2)C1. The Morgan fingerprint density at radius 1 is 1.50 bits per heavy atom. The van der Waals surface area contributed by atoms with Crippen LogP contribution in [0.25, 0.3) is 0 Å². The van der Waals surface area contributed by atoms with E-state index in [0.717, 1.165) is 50.2 Å². The summed E-state index contributed by atoms with van der Waals surface area (Å²) in [5.41, 5.74) is 1.14. The molecule has 1 saturated carbocycles. The normalized spacial score (nSPS) is 22.9. The largest absolute Gasteiger partial charge is 0.370 e. The van der Waals surface area contributed by atoms with E-state index in [9.17, 15) is 0 Å². The van der Waals surface area contributed by atoms with Gasteiger partial charge in [0.1, 0.15) is 6.10 Å². The Balaban J connectivity index is 1.61. The van der Waals surface area contributed by atoms with Crippen LogP contribution in [0.2, 0.25) is 0 Å². The summed E-state index contributed by atoms with van der Waals surface area (Å²) in [6, 6.07) is 0.